The Bertz CT molecular complexity index is 1500. The van der Waals surface area contributed by atoms with Gasteiger partial charge in [-0.1, -0.05) is 11.6 Å². The van der Waals surface area contributed by atoms with Crippen molar-refractivity contribution in [3.05, 3.63) is 92.1 Å². The zero-order valence-corrected chi connectivity index (χ0v) is 24.8. The predicted molar refractivity (Wildman–Crippen MR) is 154 cm³/mol. The summed E-state index contributed by atoms with van der Waals surface area (Å²) in [5.41, 5.74) is 1.16. The summed E-state index contributed by atoms with van der Waals surface area (Å²) in [4.78, 5) is 26.3. The van der Waals surface area contributed by atoms with Crippen LogP contribution >= 0.6 is 11.6 Å². The lowest BCUT2D eigenvalue weighted by Gasteiger charge is -2.25. The molecule has 0 radical (unpaired) electrons. The average Bonchev–Trinajstić information content (AvgIpc) is 2.84. The van der Waals surface area contributed by atoms with Gasteiger partial charge in [0.25, 0.3) is 5.56 Å². The van der Waals surface area contributed by atoms with Gasteiger partial charge in [0, 0.05) is 58.7 Å². The molecule has 3 aromatic rings. The summed E-state index contributed by atoms with van der Waals surface area (Å²) in [6, 6.07) is 8.56. The molecular formula is C27H31ClFN3O5S2. The number of benzene rings is 2. The van der Waals surface area contributed by atoms with Crippen molar-refractivity contribution in [2.24, 2.45) is 7.05 Å². The van der Waals surface area contributed by atoms with Crippen molar-refractivity contribution >= 4 is 39.6 Å². The zero-order chi connectivity index (χ0) is 29.2. The van der Waals surface area contributed by atoms with E-state index in [9.17, 15) is 22.6 Å². The van der Waals surface area contributed by atoms with E-state index in [1.807, 2.05) is 20.8 Å². The van der Waals surface area contributed by atoms with Crippen LogP contribution in [0.1, 0.15) is 73.8 Å². The molecule has 0 amide bonds. The lowest BCUT2D eigenvalue weighted by Crippen LogP contribution is -2.35. The van der Waals surface area contributed by atoms with Crippen molar-refractivity contribution in [1.29, 1.82) is 0 Å². The smallest absolute Gasteiger partial charge is 0.250 e. The fraction of sp³-hybridized carbons (Fsp3) is 0.333. The minimum Gasteiger partial charge on any atom is -0.318 e. The monoisotopic (exact) mass is 595 g/mol. The van der Waals surface area contributed by atoms with Crippen LogP contribution in [0.4, 0.5) is 4.39 Å². The standard InChI is InChI=1S/C27H31ClFN3O5S2/c1-15(30-38(35)27(3,4)5)19-13-25(33)32(6)14-23(19)21-11-20(16(2)31-39(36)37)24(29)12-22(21)26(34)17-7-9-18(28)10-8-17/h7-16,30-31H,1-6H3,(H,36,37)/t15-,16?,38?/m0/s1. The van der Waals surface area contributed by atoms with Crippen LogP contribution in [0, 0.1) is 5.82 Å². The van der Waals surface area contributed by atoms with Crippen LogP contribution in [-0.4, -0.2) is 28.1 Å². The highest BCUT2D eigenvalue weighted by Crippen LogP contribution is 2.35. The van der Waals surface area contributed by atoms with Crippen LogP contribution in [0.3, 0.4) is 0 Å². The Morgan fingerprint density at radius 3 is 2.15 bits per heavy atom. The Hall–Kier alpha value is -2.54. The minimum absolute atomic E-state index is 0.0138. The van der Waals surface area contributed by atoms with Gasteiger partial charge in [-0.15, -0.1) is 0 Å². The van der Waals surface area contributed by atoms with Crippen molar-refractivity contribution in [1.82, 2.24) is 14.0 Å². The zero-order valence-electron chi connectivity index (χ0n) is 22.4. The van der Waals surface area contributed by atoms with E-state index in [4.69, 9.17) is 11.6 Å². The van der Waals surface area contributed by atoms with Gasteiger partial charge in [0.2, 0.25) is 11.3 Å². The number of pyridine rings is 1. The predicted octanol–water partition coefficient (Wildman–Crippen LogP) is 4.98. The van der Waals surface area contributed by atoms with Crippen molar-refractivity contribution in [2.45, 2.75) is 51.4 Å². The highest BCUT2D eigenvalue weighted by molar-refractivity contribution is 7.84. The van der Waals surface area contributed by atoms with Gasteiger partial charge in [0.05, 0.1) is 15.7 Å². The Balaban J connectivity index is 2.31. The van der Waals surface area contributed by atoms with E-state index < -0.39 is 50.7 Å². The van der Waals surface area contributed by atoms with Gasteiger partial charge in [0.1, 0.15) is 5.82 Å². The van der Waals surface area contributed by atoms with Crippen LogP contribution in [0.25, 0.3) is 11.1 Å². The first-order chi connectivity index (χ1) is 18.1. The van der Waals surface area contributed by atoms with E-state index in [0.29, 0.717) is 21.7 Å². The fourth-order valence-electron chi connectivity index (χ4n) is 3.93. The third-order valence-electron chi connectivity index (χ3n) is 6.09. The second-order valence-corrected chi connectivity index (χ2v) is 13.3. The first kappa shape index (κ1) is 31.0. The highest BCUT2D eigenvalue weighted by Gasteiger charge is 2.27. The summed E-state index contributed by atoms with van der Waals surface area (Å²) in [6.45, 7) is 8.68. The van der Waals surface area contributed by atoms with E-state index in [-0.39, 0.29) is 22.2 Å². The van der Waals surface area contributed by atoms with Gasteiger partial charge < -0.3 is 4.57 Å². The number of hydrogen-bond donors (Lipinski definition) is 3. The molecule has 3 N–H and O–H groups in total. The molecule has 8 nitrogen and oxygen atoms in total. The number of nitrogens with zero attached hydrogens (tertiary/aromatic N) is 1. The van der Waals surface area contributed by atoms with Gasteiger partial charge in [-0.2, -0.15) is 0 Å². The summed E-state index contributed by atoms with van der Waals surface area (Å²) in [6.07, 6.45) is 1.54. The normalized spacial score (nSPS) is 15.0. The molecule has 0 aliphatic carbocycles. The number of aryl methyl sites for hydroxylation is 1. The van der Waals surface area contributed by atoms with Crippen molar-refractivity contribution in [3.8, 4) is 11.1 Å². The molecule has 0 saturated carbocycles. The van der Waals surface area contributed by atoms with Crippen LogP contribution in [0.2, 0.25) is 5.02 Å². The molecule has 12 heteroatoms. The fourth-order valence-corrected chi connectivity index (χ4v) is 5.29. The quantitative estimate of drug-likeness (QED) is 0.238. The molecule has 0 aliphatic heterocycles. The molecule has 1 aromatic heterocycles. The number of carbonyl (C=O) groups excluding carboxylic acids is 1. The number of carbonyl (C=O) groups is 1. The second-order valence-electron chi connectivity index (χ2n) is 10.2. The molecule has 3 rings (SSSR count). The van der Waals surface area contributed by atoms with Gasteiger partial charge in [-0.25, -0.2) is 22.3 Å². The van der Waals surface area contributed by atoms with Crippen molar-refractivity contribution < 1.29 is 22.2 Å². The van der Waals surface area contributed by atoms with Gasteiger partial charge in [-0.3, -0.25) is 14.1 Å². The van der Waals surface area contributed by atoms with Gasteiger partial charge in [0.15, 0.2) is 5.78 Å². The van der Waals surface area contributed by atoms with Gasteiger partial charge >= 0.3 is 0 Å². The summed E-state index contributed by atoms with van der Waals surface area (Å²) in [5.74, 6) is -1.25. The molecular weight excluding hydrogens is 565 g/mol. The Morgan fingerprint density at radius 1 is 1.00 bits per heavy atom. The third kappa shape index (κ3) is 7.36. The number of hydrogen-bond acceptors (Lipinski definition) is 4. The molecule has 3 unspecified atom stereocenters. The molecule has 0 bridgehead atoms. The summed E-state index contributed by atoms with van der Waals surface area (Å²) >= 11 is 3.56. The highest BCUT2D eigenvalue weighted by atomic mass is 35.5. The van der Waals surface area contributed by atoms with E-state index in [1.165, 1.54) is 42.0 Å². The van der Waals surface area contributed by atoms with E-state index in [0.717, 1.165) is 6.07 Å². The lowest BCUT2D eigenvalue weighted by molar-refractivity contribution is 0.103. The largest absolute Gasteiger partial charge is 0.318 e. The Labute approximate surface area is 237 Å². The Kier molecular flexibility index (Phi) is 9.79. The van der Waals surface area contributed by atoms with Crippen molar-refractivity contribution in [3.63, 3.8) is 0 Å². The molecule has 0 saturated heterocycles. The van der Waals surface area contributed by atoms with Crippen LogP contribution < -0.4 is 15.0 Å². The maximum absolute atomic E-state index is 15.4. The molecule has 39 heavy (non-hydrogen) atoms. The molecule has 0 spiro atoms. The average molecular weight is 596 g/mol. The minimum atomic E-state index is -2.42. The van der Waals surface area contributed by atoms with Crippen LogP contribution in [-0.2, 0) is 29.3 Å². The summed E-state index contributed by atoms with van der Waals surface area (Å²) < 4.78 is 55.1. The summed E-state index contributed by atoms with van der Waals surface area (Å²) in [7, 11) is 0.0642. The topological polar surface area (TPSA) is 118 Å². The summed E-state index contributed by atoms with van der Waals surface area (Å²) in [5, 5.41) is 0.428. The van der Waals surface area contributed by atoms with Gasteiger partial charge in [-0.05, 0) is 82.1 Å². The molecule has 0 aliphatic rings. The van der Waals surface area contributed by atoms with Crippen LogP contribution in [0.5, 0.6) is 0 Å². The van der Waals surface area contributed by atoms with Crippen LogP contribution in [0.15, 0.2) is 53.5 Å². The Morgan fingerprint density at radius 2 is 1.59 bits per heavy atom. The van der Waals surface area contributed by atoms with Crippen molar-refractivity contribution in [2.75, 3.05) is 0 Å². The number of rotatable bonds is 9. The lowest BCUT2D eigenvalue weighted by atomic mass is 9.88. The SMILES string of the molecule is CC(NS(=O)O)c1cc(-c2cn(C)c(=O)cc2[C@H](C)NS(=O)C(C)(C)C)c(C(=O)c2ccc(Cl)cc2)cc1F. The molecule has 1 heterocycles. The first-order valence-corrected chi connectivity index (χ1v) is 14.6. The maximum atomic E-state index is 15.4. The van der Waals surface area contributed by atoms with E-state index in [1.54, 1.807) is 26.1 Å². The molecule has 210 valence electrons. The molecule has 4 atom stereocenters. The molecule has 0 fully saturated rings. The van der Waals surface area contributed by atoms with E-state index >= 15 is 4.39 Å². The second kappa shape index (κ2) is 12.3. The van der Waals surface area contributed by atoms with E-state index in [2.05, 4.69) is 9.44 Å². The maximum Gasteiger partial charge on any atom is 0.250 e. The number of aromatic nitrogens is 1. The molecule has 2 aromatic carbocycles. The number of halogens is 2. The number of nitrogens with one attached hydrogen (secondary N) is 2. The number of ketones is 1. The third-order valence-corrected chi connectivity index (χ3v) is 8.58. The first-order valence-electron chi connectivity index (χ1n) is 12.0.